The number of β-amino-alcohol motifs (C(OH)–C–C–N with tert-alkyl or cyclic N) is 1. The summed E-state index contributed by atoms with van der Waals surface area (Å²) >= 11 is 0. The van der Waals surface area contributed by atoms with Crippen LogP contribution in [0.1, 0.15) is 43.2 Å². The fourth-order valence-electron chi connectivity index (χ4n) is 4.28. The molecular formula is C17H22N2O. The van der Waals surface area contributed by atoms with Crippen LogP contribution >= 0.6 is 0 Å². The molecular weight excluding hydrogens is 248 g/mol. The van der Waals surface area contributed by atoms with Crippen molar-refractivity contribution in [3.63, 3.8) is 0 Å². The molecule has 3 heteroatoms. The molecule has 3 N–H and O–H groups in total. The van der Waals surface area contributed by atoms with Crippen LogP contribution in [-0.2, 0) is 6.42 Å². The van der Waals surface area contributed by atoms with Gasteiger partial charge < -0.3 is 15.4 Å². The van der Waals surface area contributed by atoms with E-state index in [1.54, 1.807) is 0 Å². The van der Waals surface area contributed by atoms with Gasteiger partial charge in [-0.05, 0) is 36.5 Å². The summed E-state index contributed by atoms with van der Waals surface area (Å²) in [5.74, 6) is 0.437. The van der Waals surface area contributed by atoms with E-state index in [0.29, 0.717) is 12.0 Å². The summed E-state index contributed by atoms with van der Waals surface area (Å²) in [5.41, 5.74) is 3.54. The quantitative estimate of drug-likeness (QED) is 0.786. The lowest BCUT2D eigenvalue weighted by molar-refractivity contribution is -0.0107. The van der Waals surface area contributed by atoms with Crippen molar-refractivity contribution in [3.8, 4) is 0 Å². The Balaban J connectivity index is 1.78. The first-order valence-corrected chi connectivity index (χ1v) is 7.75. The zero-order chi connectivity index (χ0) is 13.7. The molecule has 1 aromatic heterocycles. The summed E-state index contributed by atoms with van der Waals surface area (Å²) in [5, 5.41) is 15.8. The van der Waals surface area contributed by atoms with Gasteiger partial charge in [0.05, 0.1) is 5.60 Å². The Morgan fingerprint density at radius 1 is 1.40 bits per heavy atom. The molecule has 3 nitrogen and oxygen atoms in total. The van der Waals surface area contributed by atoms with Crippen LogP contribution in [0.3, 0.4) is 0 Å². The van der Waals surface area contributed by atoms with Gasteiger partial charge in [0.25, 0.3) is 0 Å². The molecule has 0 spiro atoms. The number of benzene rings is 1. The Labute approximate surface area is 119 Å². The minimum atomic E-state index is -0.536. The van der Waals surface area contributed by atoms with Gasteiger partial charge in [-0.15, -0.1) is 0 Å². The van der Waals surface area contributed by atoms with E-state index in [1.807, 2.05) is 0 Å². The van der Waals surface area contributed by atoms with Gasteiger partial charge in [-0.1, -0.05) is 25.5 Å². The molecule has 1 aliphatic carbocycles. The van der Waals surface area contributed by atoms with Gasteiger partial charge in [0.15, 0.2) is 0 Å². The molecule has 2 aromatic rings. The van der Waals surface area contributed by atoms with Crippen LogP contribution in [0.15, 0.2) is 24.4 Å². The Hall–Kier alpha value is -1.32. The Kier molecular flexibility index (Phi) is 2.69. The lowest BCUT2D eigenvalue weighted by Crippen LogP contribution is -2.55. The minimum absolute atomic E-state index is 0.437. The molecule has 0 radical (unpaired) electrons. The molecule has 1 aromatic carbocycles. The van der Waals surface area contributed by atoms with Crippen molar-refractivity contribution in [1.82, 2.24) is 10.3 Å². The van der Waals surface area contributed by atoms with Crippen molar-refractivity contribution in [2.75, 3.05) is 6.54 Å². The van der Waals surface area contributed by atoms with Crippen molar-refractivity contribution < 1.29 is 5.11 Å². The lowest BCUT2D eigenvalue weighted by Gasteiger charge is -2.44. The van der Waals surface area contributed by atoms with Crippen LogP contribution in [0, 0.1) is 0 Å². The van der Waals surface area contributed by atoms with Crippen molar-refractivity contribution in [2.24, 2.45) is 0 Å². The Morgan fingerprint density at radius 2 is 2.30 bits per heavy atom. The molecule has 1 unspecified atom stereocenters. The highest BCUT2D eigenvalue weighted by atomic mass is 16.3. The number of piperidine rings is 1. The molecule has 20 heavy (non-hydrogen) atoms. The van der Waals surface area contributed by atoms with Crippen LogP contribution in [-0.4, -0.2) is 28.3 Å². The fraction of sp³-hybridized carbons (Fsp3) is 0.529. The number of aliphatic hydroxyl groups is 1. The normalized spacial score (nSPS) is 32.3. The second-order valence-electron chi connectivity index (χ2n) is 6.56. The van der Waals surface area contributed by atoms with E-state index >= 15 is 0 Å². The van der Waals surface area contributed by atoms with E-state index in [-0.39, 0.29) is 0 Å². The summed E-state index contributed by atoms with van der Waals surface area (Å²) in [6.07, 6.45) is 6.04. The highest BCUT2D eigenvalue weighted by Crippen LogP contribution is 2.43. The first-order valence-electron chi connectivity index (χ1n) is 7.75. The van der Waals surface area contributed by atoms with E-state index in [1.165, 1.54) is 22.0 Å². The average Bonchev–Trinajstić information content (AvgIpc) is 2.85. The molecule has 0 bridgehead atoms. The predicted octanol–water partition coefficient (Wildman–Crippen LogP) is 2.70. The molecule has 3 atom stereocenters. The second-order valence-corrected chi connectivity index (χ2v) is 6.56. The monoisotopic (exact) mass is 270 g/mol. The topological polar surface area (TPSA) is 48.0 Å². The molecule has 2 aliphatic rings. The van der Waals surface area contributed by atoms with Crippen molar-refractivity contribution >= 4 is 10.9 Å². The number of hydrogen-bond acceptors (Lipinski definition) is 2. The maximum Gasteiger partial charge on any atom is 0.0778 e. The highest BCUT2D eigenvalue weighted by Gasteiger charge is 2.42. The first-order chi connectivity index (χ1) is 9.70. The zero-order valence-electron chi connectivity index (χ0n) is 11.9. The van der Waals surface area contributed by atoms with Crippen LogP contribution in [0.5, 0.6) is 0 Å². The Bertz CT molecular complexity index is 647. The van der Waals surface area contributed by atoms with Gasteiger partial charge >= 0.3 is 0 Å². The third-order valence-electron chi connectivity index (χ3n) is 5.15. The Morgan fingerprint density at radius 3 is 3.15 bits per heavy atom. The van der Waals surface area contributed by atoms with Gasteiger partial charge in [0, 0.05) is 35.6 Å². The first kappa shape index (κ1) is 12.4. The van der Waals surface area contributed by atoms with Gasteiger partial charge in [-0.3, -0.25) is 0 Å². The van der Waals surface area contributed by atoms with Crippen molar-refractivity contribution in [1.29, 1.82) is 0 Å². The van der Waals surface area contributed by atoms with E-state index in [0.717, 1.165) is 32.2 Å². The summed E-state index contributed by atoms with van der Waals surface area (Å²) < 4.78 is 0. The van der Waals surface area contributed by atoms with E-state index < -0.39 is 5.60 Å². The number of rotatable bonds is 2. The molecule has 0 amide bonds. The van der Waals surface area contributed by atoms with Crippen LogP contribution in [0.2, 0.25) is 0 Å². The second kappa shape index (κ2) is 4.34. The van der Waals surface area contributed by atoms with Gasteiger partial charge in [0.1, 0.15) is 0 Å². The fourth-order valence-corrected chi connectivity index (χ4v) is 4.28. The number of fused-ring (bicyclic) bond motifs is 2. The largest absolute Gasteiger partial charge is 0.389 e. The standard InChI is InChI=1S/C17H22N2O/c1-2-6-17(20)8-13-12-4-3-5-14-16(12)11(9-18-14)7-15(13)19-10-17/h3-5,9,13,15,18-20H,2,6-8,10H2,1H3/t13-,15-,17?/m1/s1. The minimum Gasteiger partial charge on any atom is -0.389 e. The summed E-state index contributed by atoms with van der Waals surface area (Å²) in [6.45, 7) is 2.88. The van der Waals surface area contributed by atoms with E-state index in [9.17, 15) is 5.11 Å². The SMILES string of the molecule is CCCC1(O)CN[C@@H]2Cc3c[nH]c4cccc(c34)[C@H]2C1. The summed E-state index contributed by atoms with van der Waals surface area (Å²) in [4.78, 5) is 3.39. The molecule has 1 aliphatic heterocycles. The van der Waals surface area contributed by atoms with Crippen molar-refractivity contribution in [3.05, 3.63) is 35.5 Å². The highest BCUT2D eigenvalue weighted by molar-refractivity contribution is 5.88. The van der Waals surface area contributed by atoms with Crippen LogP contribution in [0.4, 0.5) is 0 Å². The van der Waals surface area contributed by atoms with Crippen LogP contribution in [0.25, 0.3) is 10.9 Å². The molecule has 1 fully saturated rings. The van der Waals surface area contributed by atoms with Crippen LogP contribution < -0.4 is 5.32 Å². The number of aromatic nitrogens is 1. The van der Waals surface area contributed by atoms with Gasteiger partial charge in [-0.2, -0.15) is 0 Å². The maximum absolute atomic E-state index is 10.8. The number of aromatic amines is 1. The summed E-state index contributed by atoms with van der Waals surface area (Å²) in [6, 6.07) is 7.00. The smallest absolute Gasteiger partial charge is 0.0778 e. The maximum atomic E-state index is 10.8. The van der Waals surface area contributed by atoms with Gasteiger partial charge in [0.2, 0.25) is 0 Å². The van der Waals surface area contributed by atoms with E-state index in [2.05, 4.69) is 41.6 Å². The molecule has 106 valence electrons. The molecule has 4 rings (SSSR count). The van der Waals surface area contributed by atoms with E-state index in [4.69, 9.17) is 0 Å². The zero-order valence-corrected chi connectivity index (χ0v) is 11.9. The number of nitrogens with one attached hydrogen (secondary N) is 2. The third-order valence-corrected chi connectivity index (χ3v) is 5.15. The summed E-state index contributed by atoms with van der Waals surface area (Å²) in [7, 11) is 0. The molecule has 0 saturated carbocycles. The molecule has 1 saturated heterocycles. The number of hydrogen-bond donors (Lipinski definition) is 3. The number of H-pyrrole nitrogens is 1. The molecule has 2 heterocycles. The van der Waals surface area contributed by atoms with Gasteiger partial charge in [-0.25, -0.2) is 0 Å². The van der Waals surface area contributed by atoms with Crippen molar-refractivity contribution in [2.45, 2.75) is 50.2 Å². The third kappa shape index (κ3) is 1.73. The average molecular weight is 270 g/mol. The predicted molar refractivity (Wildman–Crippen MR) is 81.0 cm³/mol. The lowest BCUT2D eigenvalue weighted by atomic mass is 9.71.